The van der Waals surface area contributed by atoms with Gasteiger partial charge in [0.1, 0.15) is 0 Å². The quantitative estimate of drug-likeness (QED) is 0.136. The zero-order valence-electron chi connectivity index (χ0n) is 19.6. The van der Waals surface area contributed by atoms with Crippen LogP contribution in [0.4, 0.5) is 0 Å². The molecule has 0 rings (SSSR count). The van der Waals surface area contributed by atoms with Crippen molar-refractivity contribution in [1.29, 1.82) is 0 Å². The molecular formula is C24H51NO3. The Balaban J connectivity index is 0. The minimum absolute atomic E-state index is 0.228. The van der Waals surface area contributed by atoms with Crippen molar-refractivity contribution in [2.45, 2.75) is 130 Å². The summed E-state index contributed by atoms with van der Waals surface area (Å²) in [6.45, 7) is 8.32. The van der Waals surface area contributed by atoms with E-state index in [1.165, 1.54) is 103 Å². The molecule has 0 aliphatic heterocycles. The van der Waals surface area contributed by atoms with Crippen LogP contribution in [0.5, 0.6) is 0 Å². The van der Waals surface area contributed by atoms with Crippen molar-refractivity contribution in [1.82, 2.24) is 0 Å². The van der Waals surface area contributed by atoms with Gasteiger partial charge >= 0.3 is 0 Å². The number of rotatable bonds is 19. The van der Waals surface area contributed by atoms with Crippen LogP contribution in [0.3, 0.4) is 0 Å². The third kappa shape index (κ3) is 20.1. The highest BCUT2D eigenvalue weighted by Gasteiger charge is 2.26. The van der Waals surface area contributed by atoms with Crippen molar-refractivity contribution >= 4 is 6.47 Å². The zero-order chi connectivity index (χ0) is 21.5. The molecule has 4 nitrogen and oxygen atoms in total. The fraction of sp³-hybridized carbons (Fsp3) is 0.958. The Morgan fingerprint density at radius 2 is 0.964 bits per heavy atom. The second kappa shape index (κ2) is 22.7. The molecule has 0 aliphatic carbocycles. The first-order valence-corrected chi connectivity index (χ1v) is 12.1. The molecule has 0 aromatic carbocycles. The lowest BCUT2D eigenvalue weighted by Gasteiger charge is -2.37. The lowest BCUT2D eigenvalue weighted by Crippen LogP contribution is -2.52. The molecule has 1 atom stereocenters. The number of carbonyl (C=O) groups is 1. The molecule has 0 aromatic heterocycles. The molecule has 0 bridgehead atoms. The van der Waals surface area contributed by atoms with E-state index in [4.69, 9.17) is 9.90 Å². The van der Waals surface area contributed by atoms with Gasteiger partial charge in [-0.3, -0.25) is 0 Å². The Kier molecular flexibility index (Phi) is 24.0. The Morgan fingerprint density at radius 1 is 0.714 bits per heavy atom. The third-order valence-corrected chi connectivity index (χ3v) is 5.95. The van der Waals surface area contributed by atoms with Crippen LogP contribution in [0.15, 0.2) is 0 Å². The van der Waals surface area contributed by atoms with E-state index in [1.807, 2.05) is 6.92 Å². The topological polar surface area (TPSA) is 60.4 Å². The number of hydrogen-bond acceptors (Lipinski definition) is 3. The van der Waals surface area contributed by atoms with Crippen LogP contribution in [0.2, 0.25) is 0 Å². The molecule has 0 saturated heterocycles. The molecular weight excluding hydrogens is 350 g/mol. The van der Waals surface area contributed by atoms with Gasteiger partial charge in [-0.05, 0) is 25.7 Å². The van der Waals surface area contributed by atoms with E-state index < -0.39 is 6.47 Å². The van der Waals surface area contributed by atoms with Crippen molar-refractivity contribution in [3.63, 3.8) is 0 Å². The molecule has 28 heavy (non-hydrogen) atoms. The summed E-state index contributed by atoms with van der Waals surface area (Å²) in [4.78, 5) is 8.25. The Bertz CT molecular complexity index is 288. The normalized spacial score (nSPS) is 12.3. The Hall–Kier alpha value is -0.610. The van der Waals surface area contributed by atoms with Crippen molar-refractivity contribution in [2.75, 3.05) is 20.1 Å². The first-order chi connectivity index (χ1) is 13.5. The summed E-state index contributed by atoms with van der Waals surface area (Å²) in [5.41, 5.74) is 0. The number of nitrogens with zero attached hydrogens (tertiary/aromatic N) is 1. The predicted molar refractivity (Wildman–Crippen MR) is 119 cm³/mol. The minimum atomic E-state index is -0.500. The average molecular weight is 402 g/mol. The van der Waals surface area contributed by atoms with Gasteiger partial charge in [-0.1, -0.05) is 90.9 Å². The Labute approximate surface area is 176 Å². The molecule has 4 heteroatoms. The van der Waals surface area contributed by atoms with Gasteiger partial charge < -0.3 is 19.5 Å². The van der Waals surface area contributed by atoms with E-state index in [0.29, 0.717) is 0 Å². The number of carboxylic acid groups (broad SMARTS) is 1. The van der Waals surface area contributed by atoms with E-state index in [2.05, 4.69) is 20.9 Å². The lowest BCUT2D eigenvalue weighted by atomic mass is 10.1. The Morgan fingerprint density at radius 3 is 1.21 bits per heavy atom. The first kappa shape index (κ1) is 29.6. The number of aliphatic hydroxyl groups excluding tert-OH is 1. The maximum absolute atomic E-state index is 10.2. The monoisotopic (exact) mass is 401 g/mol. The van der Waals surface area contributed by atoms with E-state index in [1.54, 1.807) is 0 Å². The van der Waals surface area contributed by atoms with Crippen LogP contribution in [-0.2, 0) is 4.79 Å². The molecule has 1 unspecified atom stereocenters. The van der Waals surface area contributed by atoms with Crippen LogP contribution in [-0.4, -0.2) is 42.4 Å². The van der Waals surface area contributed by atoms with E-state index in [-0.39, 0.29) is 6.23 Å². The molecule has 0 radical (unpaired) electrons. The van der Waals surface area contributed by atoms with Gasteiger partial charge in [0.15, 0.2) is 6.23 Å². The molecule has 0 spiro atoms. The SMILES string of the molecule is CCCCCCCCCC[N+](C)(CCCCCCCCCC)C(C)O.O=C[O-]. The standard InChI is InChI=1S/C23H50NO.CH2O2/c1-5-7-9-11-13-15-17-19-21-24(4,23(3)25)22-20-18-16-14-12-10-8-6-2;2-1-3/h23,25H,5-22H2,1-4H3;1H,(H,2,3)/q+1;/p-1. The molecule has 0 aromatic rings. The third-order valence-electron chi connectivity index (χ3n) is 5.95. The fourth-order valence-electron chi connectivity index (χ4n) is 3.70. The van der Waals surface area contributed by atoms with Gasteiger partial charge in [-0.2, -0.15) is 0 Å². The number of aliphatic hydroxyl groups is 1. The van der Waals surface area contributed by atoms with Crippen molar-refractivity contribution in [2.24, 2.45) is 0 Å². The maximum Gasteiger partial charge on any atom is 0.187 e. The number of quaternary nitrogens is 1. The van der Waals surface area contributed by atoms with Gasteiger partial charge in [0.2, 0.25) is 0 Å². The maximum atomic E-state index is 10.2. The summed E-state index contributed by atoms with van der Waals surface area (Å²) >= 11 is 0. The smallest absolute Gasteiger partial charge is 0.187 e. The van der Waals surface area contributed by atoms with Gasteiger partial charge in [0.05, 0.1) is 20.1 Å². The number of hydrogen-bond donors (Lipinski definition) is 1. The zero-order valence-corrected chi connectivity index (χ0v) is 19.6. The number of carbonyl (C=O) groups excluding carboxylic acids is 1. The van der Waals surface area contributed by atoms with Crippen molar-refractivity contribution in [3.05, 3.63) is 0 Å². The fourth-order valence-corrected chi connectivity index (χ4v) is 3.70. The van der Waals surface area contributed by atoms with Crippen molar-refractivity contribution < 1.29 is 19.5 Å². The minimum Gasteiger partial charge on any atom is -0.554 e. The van der Waals surface area contributed by atoms with Crippen LogP contribution in [0, 0.1) is 0 Å². The number of unbranched alkanes of at least 4 members (excludes halogenated alkanes) is 14. The average Bonchev–Trinajstić information content (AvgIpc) is 2.66. The van der Waals surface area contributed by atoms with Gasteiger partial charge in [0, 0.05) is 13.4 Å². The molecule has 0 saturated carbocycles. The summed E-state index contributed by atoms with van der Waals surface area (Å²) in [6.07, 6.45) is 21.7. The van der Waals surface area contributed by atoms with Crippen LogP contribution < -0.4 is 5.11 Å². The first-order valence-electron chi connectivity index (χ1n) is 12.1. The van der Waals surface area contributed by atoms with Gasteiger partial charge in [0.25, 0.3) is 0 Å². The molecule has 0 fully saturated rings. The van der Waals surface area contributed by atoms with E-state index in [0.717, 1.165) is 17.6 Å². The van der Waals surface area contributed by atoms with Gasteiger partial charge in [-0.15, -0.1) is 0 Å². The second-order valence-electron chi connectivity index (χ2n) is 8.60. The summed E-state index contributed by atoms with van der Waals surface area (Å²) in [7, 11) is 2.26. The molecule has 0 heterocycles. The highest BCUT2D eigenvalue weighted by atomic mass is 16.3. The molecule has 170 valence electrons. The highest BCUT2D eigenvalue weighted by Crippen LogP contribution is 2.16. The van der Waals surface area contributed by atoms with Crippen LogP contribution in [0.1, 0.15) is 124 Å². The van der Waals surface area contributed by atoms with Gasteiger partial charge in [-0.25, -0.2) is 0 Å². The predicted octanol–water partition coefficient (Wildman–Crippen LogP) is 5.42. The molecule has 0 aliphatic rings. The lowest BCUT2D eigenvalue weighted by molar-refractivity contribution is -0.952. The van der Waals surface area contributed by atoms with E-state index >= 15 is 0 Å². The molecule has 0 amide bonds. The summed E-state index contributed by atoms with van der Waals surface area (Å²) in [6, 6.07) is 0. The highest BCUT2D eigenvalue weighted by molar-refractivity contribution is 5.29. The summed E-state index contributed by atoms with van der Waals surface area (Å²) in [5.74, 6) is 0. The molecule has 1 N–H and O–H groups in total. The van der Waals surface area contributed by atoms with E-state index in [9.17, 15) is 5.11 Å². The van der Waals surface area contributed by atoms with Crippen molar-refractivity contribution in [3.8, 4) is 0 Å². The summed E-state index contributed by atoms with van der Waals surface area (Å²) in [5, 5.41) is 18.5. The second-order valence-corrected chi connectivity index (χ2v) is 8.60. The van der Waals surface area contributed by atoms with Crippen LogP contribution in [0.25, 0.3) is 0 Å². The van der Waals surface area contributed by atoms with Crippen LogP contribution >= 0.6 is 0 Å². The summed E-state index contributed by atoms with van der Waals surface area (Å²) < 4.78 is 0.853. The largest absolute Gasteiger partial charge is 0.554 e.